The van der Waals surface area contributed by atoms with Crippen LogP contribution in [0.1, 0.15) is 5.76 Å². The van der Waals surface area contributed by atoms with Crippen LogP contribution >= 0.6 is 11.6 Å². The highest BCUT2D eigenvalue weighted by Gasteiger charge is 2.37. The number of amides is 1. The molecule has 4 rings (SSSR count). The van der Waals surface area contributed by atoms with Crippen molar-refractivity contribution in [2.45, 2.75) is 17.5 Å². The second kappa shape index (κ2) is 7.81. The molecular formula is C20H17ClN2O5S. The zero-order valence-electron chi connectivity index (χ0n) is 15.1. The number of hydrogen-bond acceptors (Lipinski definition) is 5. The van der Waals surface area contributed by atoms with Crippen LogP contribution in [0.15, 0.2) is 76.2 Å². The first-order chi connectivity index (χ1) is 13.9. The molecule has 150 valence electrons. The Balaban J connectivity index is 1.62. The largest absolute Gasteiger partial charge is 0.476 e. The summed E-state index contributed by atoms with van der Waals surface area (Å²) in [5.74, 6) is 0.460. The van der Waals surface area contributed by atoms with E-state index in [2.05, 4.69) is 5.32 Å². The lowest BCUT2D eigenvalue weighted by Gasteiger charge is -2.34. The first kappa shape index (κ1) is 19.4. The van der Waals surface area contributed by atoms with Crippen molar-refractivity contribution in [3.8, 4) is 5.75 Å². The van der Waals surface area contributed by atoms with Gasteiger partial charge in [-0.25, -0.2) is 8.42 Å². The first-order valence-electron chi connectivity index (χ1n) is 8.79. The van der Waals surface area contributed by atoms with E-state index in [0.29, 0.717) is 22.2 Å². The van der Waals surface area contributed by atoms with Crippen molar-refractivity contribution >= 4 is 33.2 Å². The number of nitrogens with zero attached hydrogens (tertiary/aromatic N) is 1. The normalized spacial score (nSPS) is 16.0. The molecule has 1 aliphatic heterocycles. The van der Waals surface area contributed by atoms with Gasteiger partial charge in [-0.2, -0.15) is 0 Å². The van der Waals surface area contributed by atoms with Crippen LogP contribution in [-0.4, -0.2) is 27.0 Å². The number of rotatable bonds is 5. The molecule has 0 spiro atoms. The number of halogens is 1. The van der Waals surface area contributed by atoms with Crippen molar-refractivity contribution in [2.24, 2.45) is 0 Å². The molecule has 0 radical (unpaired) electrons. The van der Waals surface area contributed by atoms with Gasteiger partial charge in [-0.05, 0) is 48.5 Å². The number of benzene rings is 2. The maximum atomic E-state index is 13.3. The van der Waals surface area contributed by atoms with Gasteiger partial charge in [-0.15, -0.1) is 0 Å². The maximum Gasteiger partial charge on any atom is 0.264 e. The number of carbonyl (C=O) groups excluding carboxylic acids is 1. The summed E-state index contributed by atoms with van der Waals surface area (Å²) in [7, 11) is -3.92. The molecular weight excluding hydrogens is 416 g/mol. The number of carbonyl (C=O) groups is 1. The van der Waals surface area contributed by atoms with E-state index in [1.165, 1.54) is 34.8 Å². The first-order valence-corrected chi connectivity index (χ1v) is 10.6. The zero-order valence-corrected chi connectivity index (χ0v) is 16.7. The van der Waals surface area contributed by atoms with Crippen molar-refractivity contribution < 1.29 is 22.4 Å². The summed E-state index contributed by atoms with van der Waals surface area (Å²) in [5.41, 5.74) is 0.373. The van der Waals surface area contributed by atoms with Gasteiger partial charge in [0.1, 0.15) is 11.5 Å². The fourth-order valence-electron chi connectivity index (χ4n) is 3.00. The van der Waals surface area contributed by atoms with Crippen LogP contribution in [0.25, 0.3) is 0 Å². The molecule has 1 N–H and O–H groups in total. The van der Waals surface area contributed by atoms with Gasteiger partial charge in [-0.3, -0.25) is 9.10 Å². The molecule has 1 atom stereocenters. The summed E-state index contributed by atoms with van der Waals surface area (Å²) < 4.78 is 38.7. The van der Waals surface area contributed by atoms with E-state index in [1.807, 2.05) is 0 Å². The number of hydrogen-bond donors (Lipinski definition) is 1. The molecule has 1 aromatic heterocycles. The summed E-state index contributed by atoms with van der Waals surface area (Å²) in [6.45, 7) is 0.0171. The number of para-hydroxylation sites is 2. The van der Waals surface area contributed by atoms with Gasteiger partial charge >= 0.3 is 0 Å². The average molecular weight is 433 g/mol. The number of fused-ring (bicyclic) bond motifs is 1. The highest BCUT2D eigenvalue weighted by molar-refractivity contribution is 7.92. The predicted molar refractivity (Wildman–Crippen MR) is 107 cm³/mol. The lowest BCUT2D eigenvalue weighted by Crippen LogP contribution is -2.50. The topological polar surface area (TPSA) is 88.9 Å². The Kier molecular flexibility index (Phi) is 5.21. The molecule has 0 saturated heterocycles. The molecule has 3 aromatic rings. The lowest BCUT2D eigenvalue weighted by atomic mass is 10.2. The molecule has 1 aliphatic rings. The molecule has 2 aromatic carbocycles. The summed E-state index contributed by atoms with van der Waals surface area (Å²) >= 11 is 5.88. The van der Waals surface area contributed by atoms with Crippen molar-refractivity contribution in [3.63, 3.8) is 0 Å². The summed E-state index contributed by atoms with van der Waals surface area (Å²) in [6.07, 6.45) is 0.497. The zero-order chi connectivity index (χ0) is 20.4. The van der Waals surface area contributed by atoms with E-state index in [-0.39, 0.29) is 18.0 Å². The molecule has 0 aliphatic carbocycles. The highest BCUT2D eigenvalue weighted by Crippen LogP contribution is 2.36. The van der Waals surface area contributed by atoms with Crippen molar-refractivity contribution in [2.75, 3.05) is 10.8 Å². The Bertz CT molecular complexity index is 1110. The van der Waals surface area contributed by atoms with Gasteiger partial charge in [0.15, 0.2) is 6.10 Å². The van der Waals surface area contributed by atoms with Crippen LogP contribution in [0, 0.1) is 0 Å². The van der Waals surface area contributed by atoms with E-state index in [9.17, 15) is 13.2 Å². The van der Waals surface area contributed by atoms with Gasteiger partial charge in [0.25, 0.3) is 15.9 Å². The Hall–Kier alpha value is -2.97. The van der Waals surface area contributed by atoms with E-state index in [4.69, 9.17) is 20.8 Å². The third kappa shape index (κ3) is 3.94. The van der Waals surface area contributed by atoms with Crippen LogP contribution in [-0.2, 0) is 21.4 Å². The van der Waals surface area contributed by atoms with Gasteiger partial charge in [0.2, 0.25) is 0 Å². The minimum absolute atomic E-state index is 0.0772. The second-order valence-electron chi connectivity index (χ2n) is 6.36. The minimum atomic E-state index is -3.92. The van der Waals surface area contributed by atoms with E-state index < -0.39 is 22.0 Å². The molecule has 0 unspecified atom stereocenters. The number of furan rings is 1. The molecule has 1 amide bonds. The van der Waals surface area contributed by atoms with Crippen LogP contribution < -0.4 is 14.4 Å². The smallest absolute Gasteiger partial charge is 0.264 e. The Morgan fingerprint density at radius 2 is 1.86 bits per heavy atom. The molecule has 0 saturated carbocycles. The van der Waals surface area contributed by atoms with Gasteiger partial charge in [-0.1, -0.05) is 23.7 Å². The third-order valence-electron chi connectivity index (χ3n) is 4.45. The van der Waals surface area contributed by atoms with Crippen LogP contribution in [0.3, 0.4) is 0 Å². The van der Waals surface area contributed by atoms with Crippen LogP contribution in [0.5, 0.6) is 5.75 Å². The van der Waals surface area contributed by atoms with Gasteiger partial charge < -0.3 is 14.5 Å². The van der Waals surface area contributed by atoms with E-state index in [1.54, 1.807) is 36.4 Å². The number of ether oxygens (including phenoxy) is 1. The fraction of sp³-hybridized carbons (Fsp3) is 0.150. The van der Waals surface area contributed by atoms with Crippen LogP contribution in [0.4, 0.5) is 5.69 Å². The fourth-order valence-corrected chi connectivity index (χ4v) is 4.60. The Labute approximate surface area is 172 Å². The molecule has 2 heterocycles. The number of nitrogens with one attached hydrogen (secondary N) is 1. The molecule has 0 bridgehead atoms. The minimum Gasteiger partial charge on any atom is -0.476 e. The number of anilines is 1. The average Bonchev–Trinajstić information content (AvgIpc) is 3.25. The number of sulfonamides is 1. The summed E-state index contributed by atoms with van der Waals surface area (Å²) in [4.78, 5) is 12.7. The van der Waals surface area contributed by atoms with Gasteiger partial charge in [0.05, 0.1) is 29.9 Å². The molecule has 29 heavy (non-hydrogen) atoms. The van der Waals surface area contributed by atoms with Crippen molar-refractivity contribution in [1.82, 2.24) is 5.32 Å². The summed E-state index contributed by atoms with van der Waals surface area (Å²) in [6, 6.07) is 16.0. The van der Waals surface area contributed by atoms with E-state index in [0.717, 1.165) is 0 Å². The predicted octanol–water partition coefficient (Wildman–Crippen LogP) is 3.21. The monoisotopic (exact) mass is 432 g/mol. The van der Waals surface area contributed by atoms with Crippen LogP contribution in [0.2, 0.25) is 5.02 Å². The highest BCUT2D eigenvalue weighted by atomic mass is 35.5. The Morgan fingerprint density at radius 1 is 1.10 bits per heavy atom. The molecule has 7 nitrogen and oxygen atoms in total. The van der Waals surface area contributed by atoms with E-state index >= 15 is 0 Å². The maximum absolute atomic E-state index is 13.3. The van der Waals surface area contributed by atoms with Crippen molar-refractivity contribution in [3.05, 3.63) is 77.7 Å². The SMILES string of the molecule is O=C(NCc1ccco1)[C@H]1CN(S(=O)(=O)c2ccc(Cl)cc2)c2ccccc2O1. The molecule has 9 heteroatoms. The summed E-state index contributed by atoms with van der Waals surface area (Å²) in [5, 5.41) is 3.14. The third-order valence-corrected chi connectivity index (χ3v) is 6.49. The standard InChI is InChI=1S/C20H17ClN2O5S/c21-14-7-9-16(10-8-14)29(25,26)23-13-19(28-18-6-2-1-5-17(18)23)20(24)22-12-15-4-3-11-27-15/h1-11,19H,12-13H2,(H,22,24)/t19-/m1/s1. The van der Waals surface area contributed by atoms with Crippen molar-refractivity contribution in [1.29, 1.82) is 0 Å². The molecule has 0 fully saturated rings. The Morgan fingerprint density at radius 3 is 2.59 bits per heavy atom. The van der Waals surface area contributed by atoms with Gasteiger partial charge in [0, 0.05) is 5.02 Å². The lowest BCUT2D eigenvalue weighted by molar-refractivity contribution is -0.128. The quantitative estimate of drug-likeness (QED) is 0.668. The second-order valence-corrected chi connectivity index (χ2v) is 8.66.